The van der Waals surface area contributed by atoms with Crippen molar-refractivity contribution in [3.05, 3.63) is 53.8 Å². The van der Waals surface area contributed by atoms with Crippen molar-refractivity contribution in [3.63, 3.8) is 0 Å². The minimum Gasteiger partial charge on any atom is -0.494 e. The zero-order chi connectivity index (χ0) is 14.5. The topological polar surface area (TPSA) is 35.5 Å². The number of carbonyl (C=O) groups excluding carboxylic acids is 1. The van der Waals surface area contributed by atoms with E-state index in [2.05, 4.69) is 0 Å². The third-order valence-corrected chi connectivity index (χ3v) is 2.70. The van der Waals surface area contributed by atoms with Crippen molar-refractivity contribution in [1.82, 2.24) is 0 Å². The van der Waals surface area contributed by atoms with Crippen molar-refractivity contribution in [2.24, 2.45) is 0 Å². The van der Waals surface area contributed by atoms with Crippen LogP contribution in [-0.4, -0.2) is 12.4 Å². The third-order valence-electron chi connectivity index (χ3n) is 2.70. The number of ether oxygens (including phenoxy) is 2. The van der Waals surface area contributed by atoms with Crippen molar-refractivity contribution in [2.75, 3.05) is 6.61 Å². The van der Waals surface area contributed by atoms with Crippen molar-refractivity contribution < 1.29 is 18.7 Å². The molecule has 0 aliphatic rings. The smallest absolute Gasteiger partial charge is 0.166 e. The Hall–Kier alpha value is -2.36. The Morgan fingerprint density at radius 1 is 1.10 bits per heavy atom. The minimum absolute atomic E-state index is 0.0826. The molecule has 0 aliphatic heterocycles. The molecule has 0 heterocycles. The van der Waals surface area contributed by atoms with E-state index in [4.69, 9.17) is 9.47 Å². The van der Waals surface area contributed by atoms with E-state index in [1.54, 1.807) is 24.3 Å². The molecule has 0 saturated heterocycles. The lowest BCUT2D eigenvalue weighted by molar-refractivity contribution is 0.101. The molecule has 0 bridgehead atoms. The minimum atomic E-state index is -0.563. The summed E-state index contributed by atoms with van der Waals surface area (Å²) in [5.41, 5.74) is 0.321. The summed E-state index contributed by atoms with van der Waals surface area (Å²) in [6.07, 6.45) is 0. The first-order valence-corrected chi connectivity index (χ1v) is 6.31. The molecular weight excluding hydrogens is 259 g/mol. The predicted octanol–water partition coefficient (Wildman–Crippen LogP) is 4.22. The number of ketones is 1. The molecule has 2 rings (SSSR count). The Bertz CT molecular complexity index is 606. The fourth-order valence-corrected chi connectivity index (χ4v) is 1.70. The second-order valence-corrected chi connectivity index (χ2v) is 4.21. The molecule has 2 aromatic rings. The molecule has 0 aromatic heterocycles. The molecule has 0 unspecified atom stereocenters. The second-order valence-electron chi connectivity index (χ2n) is 4.21. The number of rotatable bonds is 5. The van der Waals surface area contributed by atoms with E-state index in [0.717, 1.165) is 5.75 Å². The molecule has 0 fully saturated rings. The fraction of sp³-hybridized carbons (Fsp3) is 0.188. The number of carbonyl (C=O) groups is 1. The van der Waals surface area contributed by atoms with Gasteiger partial charge in [-0.3, -0.25) is 4.79 Å². The first-order chi connectivity index (χ1) is 9.60. The maximum absolute atomic E-state index is 13.8. The Morgan fingerprint density at radius 3 is 2.30 bits per heavy atom. The molecule has 104 valence electrons. The molecule has 0 aliphatic carbocycles. The van der Waals surface area contributed by atoms with E-state index in [-0.39, 0.29) is 11.5 Å². The first kappa shape index (κ1) is 14.1. The maximum atomic E-state index is 13.8. The largest absolute Gasteiger partial charge is 0.494 e. The first-order valence-electron chi connectivity index (χ1n) is 6.31. The molecule has 20 heavy (non-hydrogen) atoms. The SMILES string of the molecule is CCOc1ccc(Oc2ccc(C(C)=O)cc2F)cc1. The maximum Gasteiger partial charge on any atom is 0.166 e. The molecule has 0 saturated carbocycles. The molecule has 3 nitrogen and oxygen atoms in total. The third kappa shape index (κ3) is 3.35. The van der Waals surface area contributed by atoms with Crippen molar-refractivity contribution in [1.29, 1.82) is 0 Å². The summed E-state index contributed by atoms with van der Waals surface area (Å²) >= 11 is 0. The monoisotopic (exact) mass is 274 g/mol. The van der Waals surface area contributed by atoms with E-state index in [9.17, 15) is 9.18 Å². The van der Waals surface area contributed by atoms with Gasteiger partial charge in [-0.25, -0.2) is 4.39 Å². The summed E-state index contributed by atoms with van der Waals surface area (Å²) in [7, 11) is 0. The molecule has 0 radical (unpaired) electrons. The van der Waals surface area contributed by atoms with Gasteiger partial charge in [0.1, 0.15) is 11.5 Å². The molecule has 2 aromatic carbocycles. The molecular formula is C16H15FO3. The van der Waals surface area contributed by atoms with Crippen LogP contribution >= 0.6 is 0 Å². The van der Waals surface area contributed by atoms with Gasteiger partial charge in [0.25, 0.3) is 0 Å². The van der Waals surface area contributed by atoms with E-state index in [1.165, 1.54) is 25.1 Å². The normalized spacial score (nSPS) is 10.2. The molecule has 0 amide bonds. The van der Waals surface area contributed by atoms with Gasteiger partial charge in [0.15, 0.2) is 17.3 Å². The Morgan fingerprint density at radius 2 is 1.75 bits per heavy atom. The number of halogens is 1. The van der Waals surface area contributed by atoms with Crippen LogP contribution in [0.15, 0.2) is 42.5 Å². The Balaban J connectivity index is 2.15. The van der Waals surface area contributed by atoms with Crippen LogP contribution in [0.3, 0.4) is 0 Å². The van der Waals surface area contributed by atoms with Crippen molar-refractivity contribution in [2.45, 2.75) is 13.8 Å². The van der Waals surface area contributed by atoms with Crippen LogP contribution in [-0.2, 0) is 0 Å². The highest BCUT2D eigenvalue weighted by Gasteiger charge is 2.08. The van der Waals surface area contributed by atoms with Gasteiger partial charge in [-0.15, -0.1) is 0 Å². The number of Topliss-reactive ketones (excluding diaryl/α,β-unsaturated/α-hetero) is 1. The van der Waals surface area contributed by atoms with Crippen LogP contribution < -0.4 is 9.47 Å². The van der Waals surface area contributed by atoms with Gasteiger partial charge < -0.3 is 9.47 Å². The number of hydrogen-bond donors (Lipinski definition) is 0. The average Bonchev–Trinajstić information content (AvgIpc) is 2.43. The lowest BCUT2D eigenvalue weighted by atomic mass is 10.1. The fourth-order valence-electron chi connectivity index (χ4n) is 1.70. The highest BCUT2D eigenvalue weighted by Crippen LogP contribution is 2.26. The van der Waals surface area contributed by atoms with Gasteiger partial charge in [0.05, 0.1) is 6.61 Å². The predicted molar refractivity (Wildman–Crippen MR) is 74.1 cm³/mol. The van der Waals surface area contributed by atoms with Crippen LogP contribution in [0.5, 0.6) is 17.2 Å². The Kier molecular flexibility index (Phi) is 4.35. The van der Waals surface area contributed by atoms with Gasteiger partial charge in [-0.2, -0.15) is 0 Å². The van der Waals surface area contributed by atoms with E-state index >= 15 is 0 Å². The van der Waals surface area contributed by atoms with Crippen LogP contribution in [0.4, 0.5) is 4.39 Å². The summed E-state index contributed by atoms with van der Waals surface area (Å²) in [5, 5.41) is 0. The van der Waals surface area contributed by atoms with Crippen LogP contribution in [0.2, 0.25) is 0 Å². The van der Waals surface area contributed by atoms with E-state index in [0.29, 0.717) is 17.9 Å². The van der Waals surface area contributed by atoms with Crippen molar-refractivity contribution in [3.8, 4) is 17.2 Å². The van der Waals surface area contributed by atoms with E-state index in [1.807, 2.05) is 6.92 Å². The molecule has 0 atom stereocenters. The second kappa shape index (κ2) is 6.19. The number of hydrogen-bond acceptors (Lipinski definition) is 3. The number of benzene rings is 2. The summed E-state index contributed by atoms with van der Waals surface area (Å²) in [6, 6.07) is 11.1. The van der Waals surface area contributed by atoms with Gasteiger partial charge >= 0.3 is 0 Å². The van der Waals surface area contributed by atoms with Crippen LogP contribution in [0.1, 0.15) is 24.2 Å². The summed E-state index contributed by atoms with van der Waals surface area (Å²) in [6.45, 7) is 3.87. The zero-order valence-electron chi connectivity index (χ0n) is 11.4. The quantitative estimate of drug-likeness (QED) is 0.766. The summed E-state index contributed by atoms with van der Waals surface area (Å²) < 4.78 is 24.5. The van der Waals surface area contributed by atoms with Gasteiger partial charge in [-0.05, 0) is 56.3 Å². The van der Waals surface area contributed by atoms with Crippen LogP contribution in [0, 0.1) is 5.82 Å². The highest BCUT2D eigenvalue weighted by atomic mass is 19.1. The summed E-state index contributed by atoms with van der Waals surface area (Å²) in [5.74, 6) is 0.567. The van der Waals surface area contributed by atoms with Crippen LogP contribution in [0.25, 0.3) is 0 Å². The lowest BCUT2D eigenvalue weighted by Gasteiger charge is -2.08. The molecule has 0 N–H and O–H groups in total. The molecule has 4 heteroatoms. The summed E-state index contributed by atoms with van der Waals surface area (Å²) in [4.78, 5) is 11.1. The van der Waals surface area contributed by atoms with Crippen molar-refractivity contribution >= 4 is 5.78 Å². The van der Waals surface area contributed by atoms with E-state index < -0.39 is 5.82 Å². The van der Waals surface area contributed by atoms with Gasteiger partial charge in [-0.1, -0.05) is 0 Å². The lowest BCUT2D eigenvalue weighted by Crippen LogP contribution is -1.95. The average molecular weight is 274 g/mol. The Labute approximate surface area is 117 Å². The molecule has 0 spiro atoms. The van der Waals surface area contributed by atoms with Gasteiger partial charge in [0.2, 0.25) is 0 Å². The highest BCUT2D eigenvalue weighted by molar-refractivity contribution is 5.94. The zero-order valence-corrected chi connectivity index (χ0v) is 11.4. The van der Waals surface area contributed by atoms with Gasteiger partial charge in [0, 0.05) is 5.56 Å². The standard InChI is InChI=1S/C16H15FO3/c1-3-19-13-5-7-14(8-6-13)20-16-9-4-12(11(2)18)10-15(16)17/h4-10H,3H2,1-2H3.